The van der Waals surface area contributed by atoms with Crippen molar-refractivity contribution in [3.05, 3.63) is 79.3 Å². The summed E-state index contributed by atoms with van der Waals surface area (Å²) in [6.45, 7) is 3.49. The SMILES string of the molecule is C=C/C(O)=C\C(=C/O)c1ncccc1-c1ccc2ncnc(N)c2c1. The second kappa shape index (κ2) is 6.84. The lowest BCUT2D eigenvalue weighted by atomic mass is 9.98. The number of hydrogen-bond acceptors (Lipinski definition) is 6. The molecule has 0 bridgehead atoms. The van der Waals surface area contributed by atoms with E-state index >= 15 is 0 Å². The number of allylic oxidation sites excluding steroid dienone is 3. The molecule has 6 heteroatoms. The van der Waals surface area contributed by atoms with Crippen molar-refractivity contribution in [1.29, 1.82) is 0 Å². The largest absolute Gasteiger partial charge is 0.515 e. The normalized spacial score (nSPS) is 12.3. The van der Waals surface area contributed by atoms with E-state index in [1.54, 1.807) is 12.3 Å². The number of aromatic nitrogens is 3. The summed E-state index contributed by atoms with van der Waals surface area (Å²) < 4.78 is 0. The highest BCUT2D eigenvalue weighted by Gasteiger charge is 2.12. The minimum atomic E-state index is -0.0759. The van der Waals surface area contributed by atoms with Gasteiger partial charge in [-0.3, -0.25) is 4.98 Å². The van der Waals surface area contributed by atoms with Crippen LogP contribution in [0, 0.1) is 0 Å². The zero-order chi connectivity index (χ0) is 17.8. The molecule has 0 fully saturated rings. The number of pyridine rings is 1. The monoisotopic (exact) mass is 332 g/mol. The lowest BCUT2D eigenvalue weighted by Crippen LogP contribution is -1.96. The number of benzene rings is 1. The number of hydrogen-bond donors (Lipinski definition) is 3. The third kappa shape index (κ3) is 3.18. The van der Waals surface area contributed by atoms with Crippen LogP contribution < -0.4 is 5.73 Å². The van der Waals surface area contributed by atoms with Crippen molar-refractivity contribution in [3.63, 3.8) is 0 Å². The molecule has 25 heavy (non-hydrogen) atoms. The van der Waals surface area contributed by atoms with Crippen LogP contribution in [0.2, 0.25) is 0 Å². The van der Waals surface area contributed by atoms with Gasteiger partial charge in [-0.05, 0) is 35.9 Å². The fourth-order valence-electron chi connectivity index (χ4n) is 2.50. The molecule has 0 amide bonds. The van der Waals surface area contributed by atoms with Crippen molar-refractivity contribution >= 4 is 22.3 Å². The molecule has 0 saturated heterocycles. The summed E-state index contributed by atoms with van der Waals surface area (Å²) in [5, 5.41) is 20.0. The van der Waals surface area contributed by atoms with Crippen LogP contribution in [0.25, 0.3) is 27.6 Å². The van der Waals surface area contributed by atoms with E-state index < -0.39 is 0 Å². The fraction of sp³-hybridized carbons (Fsp3) is 0. The molecule has 0 spiro atoms. The Morgan fingerprint density at radius 2 is 2.00 bits per heavy atom. The summed E-state index contributed by atoms with van der Waals surface area (Å²) in [6, 6.07) is 9.27. The van der Waals surface area contributed by atoms with Gasteiger partial charge in [0.25, 0.3) is 0 Å². The molecule has 1 aromatic carbocycles. The Balaban J connectivity index is 2.19. The topological polar surface area (TPSA) is 105 Å². The number of aliphatic hydroxyl groups is 2. The van der Waals surface area contributed by atoms with Crippen LogP contribution >= 0.6 is 0 Å². The van der Waals surface area contributed by atoms with Crippen molar-refractivity contribution < 1.29 is 10.2 Å². The molecule has 6 nitrogen and oxygen atoms in total. The zero-order valence-corrected chi connectivity index (χ0v) is 13.3. The van der Waals surface area contributed by atoms with Gasteiger partial charge in [-0.25, -0.2) is 9.97 Å². The molecule has 0 aliphatic rings. The number of fused-ring (bicyclic) bond motifs is 1. The third-order valence-electron chi connectivity index (χ3n) is 3.71. The van der Waals surface area contributed by atoms with Gasteiger partial charge in [-0.15, -0.1) is 0 Å². The third-order valence-corrected chi connectivity index (χ3v) is 3.71. The number of anilines is 1. The van der Waals surface area contributed by atoms with Crippen LogP contribution in [0.1, 0.15) is 5.69 Å². The molecule has 124 valence electrons. The highest BCUT2D eigenvalue weighted by Crippen LogP contribution is 2.31. The van der Waals surface area contributed by atoms with E-state index in [-0.39, 0.29) is 5.76 Å². The van der Waals surface area contributed by atoms with Gasteiger partial charge in [-0.2, -0.15) is 0 Å². The number of nitrogen functional groups attached to an aromatic ring is 1. The quantitative estimate of drug-likeness (QED) is 0.496. The second-order valence-electron chi connectivity index (χ2n) is 5.25. The van der Waals surface area contributed by atoms with Gasteiger partial charge >= 0.3 is 0 Å². The number of nitrogens with two attached hydrogens (primary N) is 1. The zero-order valence-electron chi connectivity index (χ0n) is 13.3. The Morgan fingerprint density at radius 1 is 1.16 bits per heavy atom. The molecule has 0 aliphatic carbocycles. The minimum absolute atomic E-state index is 0.0759. The standard InChI is InChI=1S/C19H16N4O2/c1-2-14(25)8-13(10-24)18-15(4-3-7-21-18)12-5-6-17-16(9-12)19(20)23-11-22-17/h2-11,24-25H,1H2,(H2,20,22,23)/b13-10+,14-8+. The highest BCUT2D eigenvalue weighted by molar-refractivity contribution is 5.93. The second-order valence-corrected chi connectivity index (χ2v) is 5.25. The maximum Gasteiger partial charge on any atom is 0.134 e. The van der Waals surface area contributed by atoms with Gasteiger partial charge in [0.05, 0.1) is 17.5 Å². The Bertz CT molecular complexity index is 1010. The average Bonchev–Trinajstić information content (AvgIpc) is 2.66. The first kappa shape index (κ1) is 16.2. The first-order valence-electron chi connectivity index (χ1n) is 7.47. The van der Waals surface area contributed by atoms with Crippen molar-refractivity contribution in [3.8, 4) is 11.1 Å². The molecule has 0 unspecified atom stereocenters. The molecule has 0 radical (unpaired) electrons. The van der Waals surface area contributed by atoms with Crippen molar-refractivity contribution in [2.24, 2.45) is 0 Å². The van der Waals surface area contributed by atoms with Crippen LogP contribution in [0.5, 0.6) is 0 Å². The van der Waals surface area contributed by atoms with Gasteiger partial charge < -0.3 is 15.9 Å². The first-order chi connectivity index (χ1) is 12.1. The summed E-state index contributed by atoms with van der Waals surface area (Å²) >= 11 is 0. The Labute approximate surface area is 144 Å². The molecular formula is C19H16N4O2. The maximum absolute atomic E-state index is 9.69. The molecule has 0 saturated carbocycles. The summed E-state index contributed by atoms with van der Waals surface area (Å²) in [6.07, 6.45) is 6.59. The smallest absolute Gasteiger partial charge is 0.134 e. The van der Waals surface area contributed by atoms with Crippen LogP contribution in [0.15, 0.2) is 73.6 Å². The van der Waals surface area contributed by atoms with E-state index in [1.165, 1.54) is 18.5 Å². The molecule has 3 rings (SSSR count). The van der Waals surface area contributed by atoms with Gasteiger partial charge in [-0.1, -0.05) is 18.7 Å². The van der Waals surface area contributed by atoms with Gasteiger partial charge in [0.2, 0.25) is 0 Å². The van der Waals surface area contributed by atoms with E-state index in [0.717, 1.165) is 28.3 Å². The van der Waals surface area contributed by atoms with Crippen molar-refractivity contribution in [2.75, 3.05) is 5.73 Å². The van der Waals surface area contributed by atoms with Crippen LogP contribution in [0.3, 0.4) is 0 Å². The summed E-state index contributed by atoms with van der Waals surface area (Å²) in [7, 11) is 0. The molecule has 4 N–H and O–H groups in total. The van der Waals surface area contributed by atoms with E-state index in [1.807, 2.05) is 24.3 Å². The summed E-state index contributed by atoms with van der Waals surface area (Å²) in [5.74, 6) is 0.312. The summed E-state index contributed by atoms with van der Waals surface area (Å²) in [5.41, 5.74) is 9.14. The number of nitrogens with zero attached hydrogens (tertiary/aromatic N) is 3. The predicted molar refractivity (Wildman–Crippen MR) is 98.7 cm³/mol. The van der Waals surface area contributed by atoms with E-state index in [0.29, 0.717) is 17.1 Å². The molecule has 2 aromatic heterocycles. The Kier molecular flexibility index (Phi) is 4.43. The number of rotatable bonds is 4. The first-order valence-corrected chi connectivity index (χ1v) is 7.47. The molecule has 0 aliphatic heterocycles. The minimum Gasteiger partial charge on any atom is -0.515 e. The molecule has 3 aromatic rings. The fourth-order valence-corrected chi connectivity index (χ4v) is 2.50. The molecular weight excluding hydrogens is 316 g/mol. The lowest BCUT2D eigenvalue weighted by Gasteiger charge is -2.10. The maximum atomic E-state index is 9.69. The van der Waals surface area contributed by atoms with Crippen LogP contribution in [-0.4, -0.2) is 25.2 Å². The van der Waals surface area contributed by atoms with Crippen LogP contribution in [0.4, 0.5) is 5.82 Å². The Morgan fingerprint density at radius 3 is 2.76 bits per heavy atom. The predicted octanol–water partition coefficient (Wildman–Crippen LogP) is 3.80. The lowest BCUT2D eigenvalue weighted by molar-refractivity contribution is 0.432. The van der Waals surface area contributed by atoms with Gasteiger partial charge in [0.1, 0.15) is 17.9 Å². The van der Waals surface area contributed by atoms with E-state index in [2.05, 4.69) is 21.5 Å². The van der Waals surface area contributed by atoms with Crippen LogP contribution in [-0.2, 0) is 0 Å². The average molecular weight is 332 g/mol. The highest BCUT2D eigenvalue weighted by atomic mass is 16.3. The van der Waals surface area contributed by atoms with Gasteiger partial charge in [0, 0.05) is 22.7 Å². The van der Waals surface area contributed by atoms with E-state index in [4.69, 9.17) is 5.73 Å². The Hall–Kier alpha value is -3.67. The molecule has 2 heterocycles. The summed E-state index contributed by atoms with van der Waals surface area (Å²) in [4.78, 5) is 12.5. The van der Waals surface area contributed by atoms with E-state index in [9.17, 15) is 10.2 Å². The number of aliphatic hydroxyl groups excluding tert-OH is 2. The van der Waals surface area contributed by atoms with Gasteiger partial charge in [0.15, 0.2) is 0 Å². The molecule has 0 atom stereocenters. The van der Waals surface area contributed by atoms with Crippen molar-refractivity contribution in [1.82, 2.24) is 15.0 Å². The van der Waals surface area contributed by atoms with Crippen molar-refractivity contribution in [2.45, 2.75) is 0 Å².